The van der Waals surface area contributed by atoms with Crippen LogP contribution in [0.15, 0.2) is 0 Å². The van der Waals surface area contributed by atoms with E-state index < -0.39 is 0 Å². The molecule has 0 aromatic heterocycles. The molecule has 0 fully saturated rings. The highest BCUT2D eigenvalue weighted by molar-refractivity contribution is 4.74. The van der Waals surface area contributed by atoms with E-state index in [0.29, 0.717) is 0 Å². The van der Waals surface area contributed by atoms with E-state index in [9.17, 15) is 0 Å². The van der Waals surface area contributed by atoms with Gasteiger partial charge in [0, 0.05) is 0 Å². The number of rotatable bonds is 9. The minimum atomic E-state index is 0.913. The molecule has 0 aliphatic carbocycles. The molecule has 3 atom stereocenters. The van der Waals surface area contributed by atoms with E-state index in [1.807, 2.05) is 0 Å². The first kappa shape index (κ1) is 16.0. The van der Waals surface area contributed by atoms with Crippen molar-refractivity contribution < 1.29 is 0 Å². The van der Waals surface area contributed by atoms with Crippen molar-refractivity contribution in [2.75, 3.05) is 0 Å². The van der Waals surface area contributed by atoms with E-state index >= 15 is 0 Å². The Kier molecular flexibility index (Phi) is 9.07. The van der Waals surface area contributed by atoms with Crippen LogP contribution in [-0.4, -0.2) is 0 Å². The summed E-state index contributed by atoms with van der Waals surface area (Å²) in [6, 6.07) is 0. The van der Waals surface area contributed by atoms with Crippen LogP contribution < -0.4 is 0 Å². The molecular weight excluding hydrogens is 192 g/mol. The lowest BCUT2D eigenvalue weighted by molar-refractivity contribution is 0.190. The quantitative estimate of drug-likeness (QED) is 0.458. The summed E-state index contributed by atoms with van der Waals surface area (Å²) >= 11 is 0. The summed E-state index contributed by atoms with van der Waals surface area (Å²) in [7, 11) is 0. The highest BCUT2D eigenvalue weighted by Crippen LogP contribution is 2.33. The Balaban J connectivity index is 4.23. The van der Waals surface area contributed by atoms with Gasteiger partial charge in [-0.15, -0.1) is 0 Å². The molecule has 0 heteroatoms. The molecule has 0 nitrogen and oxygen atoms in total. The summed E-state index contributed by atoms with van der Waals surface area (Å²) < 4.78 is 0. The third kappa shape index (κ3) is 5.37. The minimum absolute atomic E-state index is 0.913. The molecule has 16 heavy (non-hydrogen) atoms. The van der Waals surface area contributed by atoms with Crippen molar-refractivity contribution in [3.05, 3.63) is 0 Å². The van der Waals surface area contributed by atoms with Crippen molar-refractivity contribution in [1.82, 2.24) is 0 Å². The lowest BCUT2D eigenvalue weighted by Crippen LogP contribution is -2.22. The van der Waals surface area contributed by atoms with Gasteiger partial charge in [0.15, 0.2) is 0 Å². The van der Waals surface area contributed by atoms with Gasteiger partial charge in [-0.05, 0) is 30.1 Å². The average Bonchev–Trinajstić information content (AvgIpc) is 2.25. The van der Waals surface area contributed by atoms with Crippen LogP contribution in [0.25, 0.3) is 0 Å². The normalized spacial score (nSPS) is 17.4. The zero-order valence-electron chi connectivity index (χ0n) is 12.6. The first-order valence-electron chi connectivity index (χ1n) is 7.60. The van der Waals surface area contributed by atoms with E-state index in [4.69, 9.17) is 0 Å². The Hall–Kier alpha value is 0. The molecule has 0 aromatic rings. The van der Waals surface area contributed by atoms with E-state index in [2.05, 4.69) is 41.5 Å². The second-order valence-electron chi connectivity index (χ2n) is 5.76. The fraction of sp³-hybridized carbons (Fsp3) is 1.00. The Bertz CT molecular complexity index is 146. The third-order valence-electron chi connectivity index (χ3n) is 4.41. The highest BCUT2D eigenvalue weighted by atomic mass is 14.3. The molecule has 98 valence electrons. The van der Waals surface area contributed by atoms with Crippen LogP contribution in [0.2, 0.25) is 0 Å². The van der Waals surface area contributed by atoms with Gasteiger partial charge in [0.2, 0.25) is 0 Å². The minimum Gasteiger partial charge on any atom is -0.0654 e. The summed E-state index contributed by atoms with van der Waals surface area (Å²) in [5.74, 6) is 3.74. The van der Waals surface area contributed by atoms with Gasteiger partial charge in [0.25, 0.3) is 0 Å². The van der Waals surface area contributed by atoms with Crippen LogP contribution >= 0.6 is 0 Å². The van der Waals surface area contributed by atoms with Crippen LogP contribution in [0, 0.1) is 23.7 Å². The Morgan fingerprint density at radius 1 is 0.812 bits per heavy atom. The second kappa shape index (κ2) is 9.07. The van der Waals surface area contributed by atoms with Gasteiger partial charge < -0.3 is 0 Å². The summed E-state index contributed by atoms with van der Waals surface area (Å²) in [5.41, 5.74) is 0. The van der Waals surface area contributed by atoms with E-state index in [-0.39, 0.29) is 0 Å². The van der Waals surface area contributed by atoms with Gasteiger partial charge in [-0.3, -0.25) is 0 Å². The van der Waals surface area contributed by atoms with Crippen molar-refractivity contribution in [3.8, 4) is 0 Å². The van der Waals surface area contributed by atoms with Gasteiger partial charge >= 0.3 is 0 Å². The molecule has 0 N–H and O–H groups in total. The predicted molar refractivity (Wildman–Crippen MR) is 75.7 cm³/mol. The standard InChI is InChI=1S/C16H34/c1-7-11-13(5)12-14(6)16(10-4)15(8-2)9-3/h13-16H,7-12H2,1-6H3. The van der Waals surface area contributed by atoms with E-state index in [1.54, 1.807) is 0 Å². The van der Waals surface area contributed by atoms with Crippen LogP contribution in [0.5, 0.6) is 0 Å². The molecule has 0 saturated carbocycles. The lowest BCUT2D eigenvalue weighted by atomic mass is 9.74. The predicted octanol–water partition coefficient (Wildman–Crippen LogP) is 5.91. The van der Waals surface area contributed by atoms with Gasteiger partial charge in [0.1, 0.15) is 0 Å². The van der Waals surface area contributed by atoms with Gasteiger partial charge in [-0.25, -0.2) is 0 Å². The maximum absolute atomic E-state index is 2.48. The molecule has 0 spiro atoms. The Morgan fingerprint density at radius 2 is 1.38 bits per heavy atom. The molecule has 0 amide bonds. The molecule has 3 unspecified atom stereocenters. The van der Waals surface area contributed by atoms with Gasteiger partial charge in [-0.2, -0.15) is 0 Å². The first-order chi connectivity index (χ1) is 7.60. The monoisotopic (exact) mass is 226 g/mol. The Morgan fingerprint density at radius 3 is 1.75 bits per heavy atom. The van der Waals surface area contributed by atoms with Gasteiger partial charge in [0.05, 0.1) is 0 Å². The summed E-state index contributed by atoms with van der Waals surface area (Å²) in [5, 5.41) is 0. The largest absolute Gasteiger partial charge is 0.0654 e. The third-order valence-corrected chi connectivity index (χ3v) is 4.41. The highest BCUT2D eigenvalue weighted by Gasteiger charge is 2.23. The fourth-order valence-corrected chi connectivity index (χ4v) is 3.51. The molecule has 0 aromatic carbocycles. The average molecular weight is 226 g/mol. The lowest BCUT2D eigenvalue weighted by Gasteiger charge is -2.31. The maximum atomic E-state index is 2.48. The first-order valence-corrected chi connectivity index (χ1v) is 7.60. The smallest absolute Gasteiger partial charge is 0.0363 e. The van der Waals surface area contributed by atoms with Crippen molar-refractivity contribution >= 4 is 0 Å². The molecule has 0 saturated heterocycles. The van der Waals surface area contributed by atoms with Crippen LogP contribution in [0.3, 0.4) is 0 Å². The van der Waals surface area contributed by atoms with Crippen molar-refractivity contribution in [1.29, 1.82) is 0 Å². The molecule has 0 bridgehead atoms. The topological polar surface area (TPSA) is 0 Å². The van der Waals surface area contributed by atoms with Crippen molar-refractivity contribution in [2.24, 2.45) is 23.7 Å². The van der Waals surface area contributed by atoms with E-state index in [1.165, 1.54) is 38.5 Å². The van der Waals surface area contributed by atoms with Crippen molar-refractivity contribution in [3.63, 3.8) is 0 Å². The van der Waals surface area contributed by atoms with Crippen LogP contribution in [0.1, 0.15) is 80.1 Å². The summed E-state index contributed by atoms with van der Waals surface area (Å²) in [4.78, 5) is 0. The maximum Gasteiger partial charge on any atom is -0.0363 e. The molecular formula is C16H34. The summed E-state index contributed by atoms with van der Waals surface area (Å²) in [6.45, 7) is 14.3. The fourth-order valence-electron chi connectivity index (χ4n) is 3.51. The van der Waals surface area contributed by atoms with Crippen molar-refractivity contribution in [2.45, 2.75) is 80.1 Å². The number of hydrogen-bond donors (Lipinski definition) is 0. The SMILES string of the molecule is CCCC(C)CC(C)C(CC)C(CC)CC. The second-order valence-corrected chi connectivity index (χ2v) is 5.76. The number of hydrogen-bond acceptors (Lipinski definition) is 0. The molecule has 0 aliphatic heterocycles. The molecule has 0 rings (SSSR count). The molecule has 0 heterocycles. The molecule has 0 aliphatic rings. The zero-order chi connectivity index (χ0) is 12.6. The zero-order valence-corrected chi connectivity index (χ0v) is 12.6. The van der Waals surface area contributed by atoms with E-state index in [0.717, 1.165) is 23.7 Å². The Labute approximate surface area is 104 Å². The summed E-state index contributed by atoms with van der Waals surface area (Å²) in [6.07, 6.45) is 8.28. The van der Waals surface area contributed by atoms with Crippen LogP contribution in [-0.2, 0) is 0 Å². The van der Waals surface area contributed by atoms with Gasteiger partial charge in [-0.1, -0.05) is 73.6 Å². The van der Waals surface area contributed by atoms with Crippen LogP contribution in [0.4, 0.5) is 0 Å². The molecule has 0 radical (unpaired) electrons.